The number of fused-ring (bicyclic) bond motifs is 18. The molecule has 0 atom stereocenters. The summed E-state index contributed by atoms with van der Waals surface area (Å²) >= 11 is 0. The van der Waals surface area contributed by atoms with E-state index in [-0.39, 0.29) is 0 Å². The molecule has 14 rings (SSSR count). The van der Waals surface area contributed by atoms with Crippen LogP contribution in [0, 0.1) is 0 Å². The van der Waals surface area contributed by atoms with E-state index in [9.17, 15) is 0 Å². The van der Waals surface area contributed by atoms with Crippen LogP contribution in [-0.2, 0) is 5.41 Å². The van der Waals surface area contributed by atoms with Crippen LogP contribution in [0.3, 0.4) is 0 Å². The third-order valence-corrected chi connectivity index (χ3v) is 13.3. The van der Waals surface area contributed by atoms with Crippen LogP contribution in [0.5, 0.6) is 0 Å². The molecule has 5 nitrogen and oxygen atoms in total. The lowest BCUT2D eigenvalue weighted by Crippen LogP contribution is -2.26. The van der Waals surface area contributed by atoms with E-state index in [2.05, 4.69) is 208 Å². The zero-order valence-corrected chi connectivity index (χ0v) is 32.8. The lowest BCUT2D eigenvalue weighted by molar-refractivity contribution is 0.669. The number of anilines is 3. The molecule has 0 aliphatic heterocycles. The summed E-state index contributed by atoms with van der Waals surface area (Å²) in [5.74, 6) is 0.883. The van der Waals surface area contributed by atoms with Crippen molar-refractivity contribution < 1.29 is 4.42 Å². The number of aromatic nitrogens is 3. The molecule has 0 N–H and O–H groups in total. The molecule has 2 aliphatic carbocycles. The Bertz CT molecular complexity index is 3730. The van der Waals surface area contributed by atoms with Gasteiger partial charge in [-0.1, -0.05) is 127 Å². The highest BCUT2D eigenvalue weighted by atomic mass is 16.3. The minimum absolute atomic E-state index is 0.468. The third kappa shape index (κ3) is 4.26. The molecular weight excluding hydrogens is 745 g/mol. The standard InChI is InChI=1S/C56H34N4O/c1-2-14-35(15-3-1)59-51-30-27-38(34-52(51)60-50-24-12-11-23-49(50)57-55(59)60)58(36-28-31-54-44(32-36)43-19-7-13-25-53(43)61-54)37-26-29-42-41-18-6-10-22-47(41)56(48(42)33-37)45-20-8-4-16-39(45)40-17-5-9-21-46(40)56/h1-34H. The molecule has 0 bridgehead atoms. The molecule has 12 aromatic rings. The first-order valence-electron chi connectivity index (χ1n) is 20.9. The van der Waals surface area contributed by atoms with Crippen LogP contribution < -0.4 is 4.90 Å². The summed E-state index contributed by atoms with van der Waals surface area (Å²) in [6, 6.07) is 74.9. The van der Waals surface area contributed by atoms with Gasteiger partial charge in [0.05, 0.1) is 27.5 Å². The molecule has 0 radical (unpaired) electrons. The summed E-state index contributed by atoms with van der Waals surface area (Å²) in [5.41, 5.74) is 20.1. The largest absolute Gasteiger partial charge is 0.456 e. The second kappa shape index (κ2) is 12.0. The van der Waals surface area contributed by atoms with E-state index >= 15 is 0 Å². The molecule has 0 fully saturated rings. The lowest BCUT2D eigenvalue weighted by atomic mass is 9.70. The van der Waals surface area contributed by atoms with E-state index < -0.39 is 5.41 Å². The van der Waals surface area contributed by atoms with Gasteiger partial charge in [-0.25, -0.2) is 4.98 Å². The van der Waals surface area contributed by atoms with E-state index in [0.29, 0.717) is 0 Å². The Morgan fingerprint density at radius 2 is 0.984 bits per heavy atom. The SMILES string of the molecule is c1ccc(-n2c3ccc(N(c4ccc5c(c4)C4(c6ccccc6-c6ccccc64)c4ccccc4-5)c4ccc5oc6ccccc6c5c4)cc3n3c4ccccc4nc23)cc1. The lowest BCUT2D eigenvalue weighted by Gasteiger charge is -2.32. The number of hydrogen-bond acceptors (Lipinski definition) is 3. The zero-order valence-electron chi connectivity index (χ0n) is 32.8. The van der Waals surface area contributed by atoms with E-state index in [0.717, 1.165) is 72.5 Å². The first-order chi connectivity index (χ1) is 30.3. The van der Waals surface area contributed by atoms with Crippen LogP contribution in [0.25, 0.3) is 77.7 Å². The minimum atomic E-state index is -0.468. The molecule has 1 spiro atoms. The maximum atomic E-state index is 6.38. The Morgan fingerprint density at radius 3 is 1.75 bits per heavy atom. The Kier molecular flexibility index (Phi) is 6.43. The summed E-state index contributed by atoms with van der Waals surface area (Å²) < 4.78 is 11.0. The van der Waals surface area contributed by atoms with Crippen LogP contribution >= 0.6 is 0 Å². The molecule has 3 heterocycles. The Morgan fingerprint density at radius 1 is 0.410 bits per heavy atom. The minimum Gasteiger partial charge on any atom is -0.456 e. The monoisotopic (exact) mass is 778 g/mol. The van der Waals surface area contributed by atoms with E-state index in [4.69, 9.17) is 9.40 Å². The topological polar surface area (TPSA) is 38.6 Å². The quantitative estimate of drug-likeness (QED) is 0.179. The predicted octanol–water partition coefficient (Wildman–Crippen LogP) is 14.1. The number of nitrogens with zero attached hydrogens (tertiary/aromatic N) is 4. The Balaban J connectivity index is 1.07. The highest BCUT2D eigenvalue weighted by molar-refractivity contribution is 6.07. The summed E-state index contributed by atoms with van der Waals surface area (Å²) in [5, 5.41) is 2.19. The van der Waals surface area contributed by atoms with Gasteiger partial charge in [-0.3, -0.25) is 8.97 Å². The van der Waals surface area contributed by atoms with Crippen LogP contribution in [0.15, 0.2) is 211 Å². The van der Waals surface area contributed by atoms with Crippen molar-refractivity contribution in [1.29, 1.82) is 0 Å². The fourth-order valence-electron chi connectivity index (χ4n) is 10.9. The first kappa shape index (κ1) is 32.8. The van der Waals surface area contributed by atoms with Gasteiger partial charge in [-0.05, 0) is 123 Å². The summed E-state index contributed by atoms with van der Waals surface area (Å²) in [4.78, 5) is 7.64. The van der Waals surface area contributed by atoms with Crippen LogP contribution in [-0.4, -0.2) is 14.0 Å². The van der Waals surface area contributed by atoms with Crippen molar-refractivity contribution in [2.75, 3.05) is 4.90 Å². The van der Waals surface area contributed by atoms with Gasteiger partial charge in [0.25, 0.3) is 0 Å². The number of para-hydroxylation sites is 4. The number of rotatable bonds is 4. The normalized spacial score (nSPS) is 13.4. The summed E-state index contributed by atoms with van der Waals surface area (Å²) in [6.45, 7) is 0. The van der Waals surface area contributed by atoms with E-state index in [1.54, 1.807) is 0 Å². The van der Waals surface area contributed by atoms with Gasteiger partial charge in [0, 0.05) is 33.5 Å². The molecule has 284 valence electrons. The van der Waals surface area contributed by atoms with Gasteiger partial charge in [0.2, 0.25) is 5.78 Å². The second-order valence-corrected chi connectivity index (χ2v) is 16.3. The van der Waals surface area contributed by atoms with Gasteiger partial charge < -0.3 is 9.32 Å². The fourth-order valence-corrected chi connectivity index (χ4v) is 10.9. The highest BCUT2D eigenvalue weighted by Crippen LogP contribution is 2.63. The highest BCUT2D eigenvalue weighted by Gasteiger charge is 2.51. The maximum Gasteiger partial charge on any atom is 0.220 e. The molecule has 5 heteroatoms. The van der Waals surface area contributed by atoms with Gasteiger partial charge in [-0.2, -0.15) is 0 Å². The van der Waals surface area contributed by atoms with Gasteiger partial charge in [0.15, 0.2) is 0 Å². The number of benzene rings is 9. The van der Waals surface area contributed by atoms with Crippen molar-refractivity contribution in [2.45, 2.75) is 5.41 Å². The number of hydrogen-bond donors (Lipinski definition) is 0. The predicted molar refractivity (Wildman–Crippen MR) is 248 cm³/mol. The third-order valence-electron chi connectivity index (χ3n) is 13.3. The van der Waals surface area contributed by atoms with Crippen molar-refractivity contribution in [1.82, 2.24) is 14.0 Å². The van der Waals surface area contributed by atoms with Gasteiger partial charge in [0.1, 0.15) is 11.2 Å². The average Bonchev–Trinajstić information content (AvgIpc) is 4.11. The molecule has 3 aromatic heterocycles. The number of imidazole rings is 2. The molecule has 0 amide bonds. The van der Waals surface area contributed by atoms with Crippen molar-refractivity contribution in [3.05, 3.63) is 229 Å². The smallest absolute Gasteiger partial charge is 0.220 e. The van der Waals surface area contributed by atoms with Crippen molar-refractivity contribution in [3.8, 4) is 27.9 Å². The average molecular weight is 779 g/mol. The Hall–Kier alpha value is -8.15. The number of furan rings is 1. The zero-order chi connectivity index (χ0) is 39.8. The molecule has 9 aromatic carbocycles. The van der Waals surface area contributed by atoms with E-state index in [1.807, 2.05) is 12.1 Å². The molecule has 0 unspecified atom stereocenters. The van der Waals surface area contributed by atoms with Crippen molar-refractivity contribution >= 4 is 66.8 Å². The maximum absolute atomic E-state index is 6.38. The van der Waals surface area contributed by atoms with Gasteiger partial charge >= 0.3 is 0 Å². The Labute approximate surface area is 350 Å². The van der Waals surface area contributed by atoms with Crippen LogP contribution in [0.1, 0.15) is 22.3 Å². The molecule has 2 aliphatic rings. The van der Waals surface area contributed by atoms with Gasteiger partial charge in [-0.15, -0.1) is 0 Å². The molecule has 0 saturated heterocycles. The van der Waals surface area contributed by atoms with Crippen molar-refractivity contribution in [3.63, 3.8) is 0 Å². The molecular formula is C56H34N4O. The van der Waals surface area contributed by atoms with Crippen molar-refractivity contribution in [2.24, 2.45) is 0 Å². The van der Waals surface area contributed by atoms with Crippen LogP contribution in [0.2, 0.25) is 0 Å². The first-order valence-corrected chi connectivity index (χ1v) is 20.9. The van der Waals surface area contributed by atoms with Crippen LogP contribution in [0.4, 0.5) is 17.1 Å². The molecule has 0 saturated carbocycles. The molecule has 61 heavy (non-hydrogen) atoms. The summed E-state index contributed by atoms with van der Waals surface area (Å²) in [6.07, 6.45) is 0. The second-order valence-electron chi connectivity index (χ2n) is 16.3. The fraction of sp³-hybridized carbons (Fsp3) is 0.0179. The van der Waals surface area contributed by atoms with E-state index in [1.165, 1.54) is 44.5 Å². The summed E-state index contributed by atoms with van der Waals surface area (Å²) in [7, 11) is 0.